The van der Waals surface area contributed by atoms with Gasteiger partial charge >= 0.3 is 6.61 Å². The Morgan fingerprint density at radius 1 is 1.44 bits per heavy atom. The molecule has 0 amide bonds. The van der Waals surface area contributed by atoms with Crippen molar-refractivity contribution < 1.29 is 18.3 Å². The Kier molecular flexibility index (Phi) is 3.31. The predicted molar refractivity (Wildman–Crippen MR) is 57.5 cm³/mol. The van der Waals surface area contributed by atoms with E-state index in [0.717, 1.165) is 0 Å². The zero-order valence-electron chi connectivity index (χ0n) is 9.38. The number of ketones is 1. The maximum absolute atomic E-state index is 12.1. The number of hydrogen-bond donors (Lipinski definition) is 0. The number of aromatic nitrogens is 3. The van der Waals surface area contributed by atoms with Crippen molar-refractivity contribution in [1.29, 1.82) is 0 Å². The van der Waals surface area contributed by atoms with Crippen LogP contribution >= 0.6 is 0 Å². The zero-order valence-corrected chi connectivity index (χ0v) is 9.38. The molecule has 0 saturated heterocycles. The first-order valence-corrected chi connectivity index (χ1v) is 5.01. The van der Waals surface area contributed by atoms with Gasteiger partial charge in [-0.1, -0.05) is 12.1 Å². The Morgan fingerprint density at radius 3 is 2.83 bits per heavy atom. The Bertz CT molecular complexity index is 569. The Labute approximate surface area is 101 Å². The largest absolute Gasteiger partial charge is 0.435 e. The van der Waals surface area contributed by atoms with Gasteiger partial charge in [0.15, 0.2) is 5.82 Å². The van der Waals surface area contributed by atoms with Crippen molar-refractivity contribution in [3.63, 3.8) is 0 Å². The van der Waals surface area contributed by atoms with Gasteiger partial charge in [0.25, 0.3) is 0 Å². The number of halogens is 2. The highest BCUT2D eigenvalue weighted by Gasteiger charge is 2.15. The van der Waals surface area contributed by atoms with Crippen LogP contribution in [0.4, 0.5) is 8.78 Å². The van der Waals surface area contributed by atoms with E-state index in [1.165, 1.54) is 35.3 Å². The topological polar surface area (TPSA) is 57.0 Å². The summed E-state index contributed by atoms with van der Waals surface area (Å²) < 4.78 is 29.6. The highest BCUT2D eigenvalue weighted by molar-refractivity contribution is 6.06. The van der Waals surface area contributed by atoms with E-state index in [1.807, 2.05) is 0 Å². The molecule has 2 rings (SSSR count). The minimum Gasteiger partial charge on any atom is -0.435 e. The van der Waals surface area contributed by atoms with Crippen molar-refractivity contribution in [3.8, 4) is 5.75 Å². The van der Waals surface area contributed by atoms with Crippen LogP contribution in [0.15, 0.2) is 30.6 Å². The molecule has 2 aromatic rings. The number of carbonyl (C=O) groups excluding carboxylic acids is 1. The van der Waals surface area contributed by atoms with Gasteiger partial charge in [0.1, 0.15) is 12.1 Å². The molecule has 0 unspecified atom stereocenters. The van der Waals surface area contributed by atoms with Gasteiger partial charge in [-0.25, -0.2) is 9.67 Å². The monoisotopic (exact) mass is 253 g/mol. The van der Waals surface area contributed by atoms with Gasteiger partial charge in [0.05, 0.1) is 0 Å². The lowest BCUT2D eigenvalue weighted by Gasteiger charge is -2.05. The summed E-state index contributed by atoms with van der Waals surface area (Å²) in [5.41, 5.74) is 0.212. The third kappa shape index (κ3) is 2.50. The molecule has 5 nitrogen and oxygen atoms in total. The van der Waals surface area contributed by atoms with Crippen LogP contribution in [0.25, 0.3) is 0 Å². The number of alkyl halides is 2. The first-order chi connectivity index (χ1) is 8.58. The predicted octanol–water partition coefficient (Wildman–Crippen LogP) is 1.65. The average molecular weight is 253 g/mol. The molecule has 0 aliphatic rings. The Balaban J connectivity index is 2.29. The average Bonchev–Trinajstić information content (AvgIpc) is 2.74. The standard InChI is InChI=1S/C11H9F2N3O2/c1-16-10(14-6-15-16)9(17)7-3-2-4-8(5-7)18-11(12)13/h2-6,11H,1H3. The molecule has 0 fully saturated rings. The second-order valence-corrected chi connectivity index (χ2v) is 3.44. The Hall–Kier alpha value is -2.31. The molecular weight excluding hydrogens is 244 g/mol. The lowest BCUT2D eigenvalue weighted by atomic mass is 10.1. The second kappa shape index (κ2) is 4.91. The van der Waals surface area contributed by atoms with Crippen LogP contribution in [0, 0.1) is 0 Å². The van der Waals surface area contributed by atoms with E-state index >= 15 is 0 Å². The van der Waals surface area contributed by atoms with Crippen molar-refractivity contribution in [1.82, 2.24) is 14.8 Å². The molecule has 0 atom stereocenters. The first kappa shape index (κ1) is 12.2. The third-order valence-corrected chi connectivity index (χ3v) is 2.24. The van der Waals surface area contributed by atoms with E-state index < -0.39 is 12.4 Å². The van der Waals surface area contributed by atoms with Gasteiger partial charge < -0.3 is 4.74 Å². The SMILES string of the molecule is Cn1ncnc1C(=O)c1cccc(OC(F)F)c1. The van der Waals surface area contributed by atoms with Gasteiger partial charge in [-0.15, -0.1) is 0 Å². The van der Waals surface area contributed by atoms with E-state index in [4.69, 9.17) is 0 Å². The lowest BCUT2D eigenvalue weighted by molar-refractivity contribution is -0.0498. The quantitative estimate of drug-likeness (QED) is 0.777. The van der Waals surface area contributed by atoms with E-state index in [-0.39, 0.29) is 17.1 Å². The van der Waals surface area contributed by atoms with Gasteiger partial charge in [0.2, 0.25) is 5.78 Å². The molecule has 0 saturated carbocycles. The number of rotatable bonds is 4. The lowest BCUT2D eigenvalue weighted by Crippen LogP contribution is -2.10. The summed E-state index contributed by atoms with van der Waals surface area (Å²) in [6, 6.07) is 5.54. The third-order valence-electron chi connectivity index (χ3n) is 2.24. The normalized spacial score (nSPS) is 10.7. The fraction of sp³-hybridized carbons (Fsp3) is 0.182. The molecule has 7 heteroatoms. The van der Waals surface area contributed by atoms with E-state index in [1.54, 1.807) is 7.05 Å². The summed E-state index contributed by atoms with van der Waals surface area (Å²) in [6.07, 6.45) is 1.24. The number of nitrogens with zero attached hydrogens (tertiary/aromatic N) is 3. The number of ether oxygens (including phenoxy) is 1. The van der Waals surface area contributed by atoms with Crippen LogP contribution in [0.5, 0.6) is 5.75 Å². The minimum absolute atomic E-state index is 0.0713. The zero-order chi connectivity index (χ0) is 13.1. The van der Waals surface area contributed by atoms with E-state index in [0.29, 0.717) is 0 Å². The molecule has 0 N–H and O–H groups in total. The summed E-state index contributed by atoms with van der Waals surface area (Å²) >= 11 is 0. The minimum atomic E-state index is -2.93. The molecule has 0 spiro atoms. The molecular formula is C11H9F2N3O2. The number of aryl methyl sites for hydroxylation is 1. The van der Waals surface area contributed by atoms with Crippen molar-refractivity contribution in [3.05, 3.63) is 42.0 Å². The van der Waals surface area contributed by atoms with Crippen molar-refractivity contribution >= 4 is 5.78 Å². The van der Waals surface area contributed by atoms with Crippen molar-refractivity contribution in [2.24, 2.45) is 7.05 Å². The Morgan fingerprint density at radius 2 is 2.22 bits per heavy atom. The molecule has 94 valence electrons. The maximum Gasteiger partial charge on any atom is 0.387 e. The van der Waals surface area contributed by atoms with E-state index in [9.17, 15) is 13.6 Å². The van der Waals surface area contributed by atoms with Gasteiger partial charge in [-0.05, 0) is 12.1 Å². The number of carbonyl (C=O) groups is 1. The van der Waals surface area contributed by atoms with Gasteiger partial charge in [0, 0.05) is 12.6 Å². The molecule has 0 aliphatic carbocycles. The van der Waals surface area contributed by atoms with Crippen LogP contribution in [0.1, 0.15) is 16.2 Å². The van der Waals surface area contributed by atoms with Gasteiger partial charge in [-0.3, -0.25) is 4.79 Å². The second-order valence-electron chi connectivity index (χ2n) is 3.44. The van der Waals surface area contributed by atoms with Crippen LogP contribution in [-0.4, -0.2) is 27.2 Å². The summed E-state index contributed by atoms with van der Waals surface area (Å²) in [6.45, 7) is -2.93. The van der Waals surface area contributed by atoms with Crippen LogP contribution in [-0.2, 0) is 7.05 Å². The molecule has 18 heavy (non-hydrogen) atoms. The molecule has 0 radical (unpaired) electrons. The summed E-state index contributed by atoms with van der Waals surface area (Å²) in [7, 11) is 1.57. The summed E-state index contributed by atoms with van der Waals surface area (Å²) in [4.78, 5) is 15.8. The summed E-state index contributed by atoms with van der Waals surface area (Å²) in [5, 5.41) is 3.77. The number of hydrogen-bond acceptors (Lipinski definition) is 4. The molecule has 1 heterocycles. The fourth-order valence-electron chi connectivity index (χ4n) is 1.44. The summed E-state index contributed by atoms with van der Waals surface area (Å²) in [5.74, 6) is -0.350. The first-order valence-electron chi connectivity index (χ1n) is 5.01. The van der Waals surface area contributed by atoms with Crippen LogP contribution in [0.3, 0.4) is 0 Å². The van der Waals surface area contributed by atoms with Gasteiger partial charge in [-0.2, -0.15) is 13.9 Å². The highest BCUT2D eigenvalue weighted by Crippen LogP contribution is 2.17. The molecule has 1 aromatic heterocycles. The van der Waals surface area contributed by atoms with Crippen molar-refractivity contribution in [2.75, 3.05) is 0 Å². The number of benzene rings is 1. The van der Waals surface area contributed by atoms with E-state index in [2.05, 4.69) is 14.8 Å². The maximum atomic E-state index is 12.1. The molecule has 0 aliphatic heterocycles. The van der Waals surface area contributed by atoms with Crippen LogP contribution in [0.2, 0.25) is 0 Å². The fourth-order valence-corrected chi connectivity index (χ4v) is 1.44. The van der Waals surface area contributed by atoms with Crippen LogP contribution < -0.4 is 4.74 Å². The molecule has 0 bridgehead atoms. The highest BCUT2D eigenvalue weighted by atomic mass is 19.3. The van der Waals surface area contributed by atoms with Crippen molar-refractivity contribution in [2.45, 2.75) is 6.61 Å². The molecule has 1 aromatic carbocycles. The smallest absolute Gasteiger partial charge is 0.387 e.